The van der Waals surface area contributed by atoms with Crippen molar-refractivity contribution in [3.63, 3.8) is 0 Å². The molecule has 9 nitrogen and oxygen atoms in total. The zero-order valence-corrected chi connectivity index (χ0v) is 18.7. The van der Waals surface area contributed by atoms with Crippen molar-refractivity contribution in [2.45, 2.75) is 36.9 Å². The van der Waals surface area contributed by atoms with Crippen LogP contribution in [0, 0.1) is 13.8 Å². The summed E-state index contributed by atoms with van der Waals surface area (Å²) < 4.78 is 24.8. The molecule has 11 heteroatoms. The molecule has 3 rings (SSSR count). The van der Waals surface area contributed by atoms with Gasteiger partial charge in [-0.2, -0.15) is 0 Å². The molecule has 0 aliphatic rings. The lowest BCUT2D eigenvalue weighted by atomic mass is 10.1. The molecular formula is C20H23N5O4S2. The number of hydrogen-bond donors (Lipinski definition) is 3. The van der Waals surface area contributed by atoms with E-state index in [2.05, 4.69) is 15.5 Å². The number of nitrogens with two attached hydrogens (primary N) is 1. The zero-order valence-electron chi connectivity index (χ0n) is 17.1. The van der Waals surface area contributed by atoms with E-state index in [1.807, 2.05) is 30.3 Å². The lowest BCUT2D eigenvalue weighted by Crippen LogP contribution is -2.20. The van der Waals surface area contributed by atoms with Crippen molar-refractivity contribution < 1.29 is 13.2 Å². The number of rotatable bonds is 8. The van der Waals surface area contributed by atoms with Crippen molar-refractivity contribution in [3.8, 4) is 0 Å². The highest BCUT2D eigenvalue weighted by atomic mass is 32.2. The normalized spacial score (nSPS) is 11.5. The number of primary sulfonamides is 1. The summed E-state index contributed by atoms with van der Waals surface area (Å²) in [5.41, 5.74) is 2.55. The summed E-state index contributed by atoms with van der Waals surface area (Å²) in [6.07, 6.45) is 0.652. The zero-order chi connectivity index (χ0) is 22.6. The largest absolute Gasteiger partial charge is 0.343 e. The van der Waals surface area contributed by atoms with Gasteiger partial charge in [0, 0.05) is 12.2 Å². The van der Waals surface area contributed by atoms with Gasteiger partial charge in [0.2, 0.25) is 15.9 Å². The molecule has 0 aliphatic heterocycles. The molecule has 0 bridgehead atoms. The topological polar surface area (TPSA) is 140 Å². The number of carbonyl (C=O) groups is 1. The van der Waals surface area contributed by atoms with Crippen LogP contribution < -0.4 is 16.1 Å². The van der Waals surface area contributed by atoms with E-state index in [0.717, 1.165) is 22.9 Å². The maximum absolute atomic E-state index is 12.5. The first-order chi connectivity index (χ1) is 14.6. The molecule has 1 amide bonds. The number of nitrogens with zero attached hydrogens (tertiary/aromatic N) is 2. The molecule has 164 valence electrons. The van der Waals surface area contributed by atoms with Crippen LogP contribution in [-0.4, -0.2) is 34.8 Å². The van der Waals surface area contributed by atoms with Gasteiger partial charge in [0.1, 0.15) is 0 Å². The Hall–Kier alpha value is -2.89. The number of anilines is 1. The van der Waals surface area contributed by atoms with Crippen molar-refractivity contribution >= 4 is 33.4 Å². The Balaban J connectivity index is 1.67. The van der Waals surface area contributed by atoms with Crippen LogP contribution in [0.1, 0.15) is 16.7 Å². The van der Waals surface area contributed by atoms with Crippen molar-refractivity contribution in [1.29, 1.82) is 0 Å². The molecule has 4 N–H and O–H groups in total. The lowest BCUT2D eigenvalue weighted by Gasteiger charge is -2.12. The Morgan fingerprint density at radius 2 is 1.94 bits per heavy atom. The predicted octanol–water partition coefficient (Wildman–Crippen LogP) is 1.81. The fourth-order valence-corrected chi connectivity index (χ4v) is 4.33. The second kappa shape index (κ2) is 9.50. The smallest absolute Gasteiger partial charge is 0.325 e. The van der Waals surface area contributed by atoms with E-state index < -0.39 is 10.0 Å². The molecule has 0 atom stereocenters. The third-order valence-electron chi connectivity index (χ3n) is 4.77. The van der Waals surface area contributed by atoms with Crippen LogP contribution in [0.15, 0.2) is 57.3 Å². The van der Waals surface area contributed by atoms with E-state index >= 15 is 0 Å². The summed E-state index contributed by atoms with van der Waals surface area (Å²) in [7, 11) is -3.90. The van der Waals surface area contributed by atoms with E-state index in [4.69, 9.17) is 5.14 Å². The number of hydrogen-bond acceptors (Lipinski definition) is 6. The number of carbonyl (C=O) groups excluding carboxylic acids is 1. The van der Waals surface area contributed by atoms with Gasteiger partial charge in [-0.05, 0) is 49.1 Å². The van der Waals surface area contributed by atoms with Gasteiger partial charge in [-0.25, -0.2) is 23.4 Å². The van der Waals surface area contributed by atoms with Crippen LogP contribution in [-0.2, 0) is 27.8 Å². The van der Waals surface area contributed by atoms with Crippen molar-refractivity contribution in [2.24, 2.45) is 5.14 Å². The van der Waals surface area contributed by atoms with Gasteiger partial charge in [0.05, 0.1) is 10.6 Å². The van der Waals surface area contributed by atoms with Crippen LogP contribution in [0.5, 0.6) is 0 Å². The number of benzene rings is 2. The average molecular weight is 462 g/mol. The second-order valence-corrected chi connectivity index (χ2v) is 9.50. The molecule has 0 saturated carbocycles. The minimum Gasteiger partial charge on any atom is -0.325 e. The molecule has 0 radical (unpaired) electrons. The number of aromatic nitrogens is 3. The maximum Gasteiger partial charge on any atom is 0.343 e. The SMILES string of the molecule is Cc1cc(S(N)(=O)=O)cc(NC(=O)CSc2n[nH]c(=O)n2CCc2ccccc2)c1C. The van der Waals surface area contributed by atoms with Crippen molar-refractivity contribution in [3.05, 3.63) is 69.6 Å². The highest BCUT2D eigenvalue weighted by molar-refractivity contribution is 7.99. The van der Waals surface area contributed by atoms with Crippen LogP contribution in [0.2, 0.25) is 0 Å². The van der Waals surface area contributed by atoms with Gasteiger partial charge in [0.25, 0.3) is 0 Å². The first-order valence-corrected chi connectivity index (χ1v) is 11.9. The molecule has 1 aromatic heterocycles. The molecule has 2 aromatic carbocycles. The van der Waals surface area contributed by atoms with E-state index in [0.29, 0.717) is 29.4 Å². The quantitative estimate of drug-likeness (QED) is 0.437. The first-order valence-electron chi connectivity index (χ1n) is 9.41. The van der Waals surface area contributed by atoms with Crippen LogP contribution in [0.4, 0.5) is 5.69 Å². The highest BCUT2D eigenvalue weighted by Crippen LogP contribution is 2.24. The number of aromatic amines is 1. The number of nitrogens with one attached hydrogen (secondary N) is 2. The van der Waals surface area contributed by atoms with Gasteiger partial charge in [-0.15, -0.1) is 5.10 Å². The summed E-state index contributed by atoms with van der Waals surface area (Å²) >= 11 is 1.12. The summed E-state index contributed by atoms with van der Waals surface area (Å²) in [5, 5.41) is 14.7. The average Bonchev–Trinajstić information content (AvgIpc) is 3.07. The third-order valence-corrected chi connectivity index (χ3v) is 6.64. The van der Waals surface area contributed by atoms with Crippen molar-refractivity contribution in [2.75, 3.05) is 11.1 Å². The standard InChI is InChI=1S/C20H23N5O4S2/c1-13-10-16(31(21,28)29)11-17(14(13)2)22-18(26)12-30-20-24-23-19(27)25(20)9-8-15-6-4-3-5-7-15/h3-7,10-11H,8-9,12H2,1-2H3,(H,22,26)(H,23,27)(H2,21,28,29). The predicted molar refractivity (Wildman–Crippen MR) is 120 cm³/mol. The fourth-order valence-electron chi connectivity index (χ4n) is 2.93. The Kier molecular flexibility index (Phi) is 6.98. The third kappa shape index (κ3) is 5.84. The minimum atomic E-state index is -3.90. The van der Waals surface area contributed by atoms with Gasteiger partial charge < -0.3 is 5.32 Å². The molecule has 0 unspecified atom stereocenters. The monoisotopic (exact) mass is 461 g/mol. The number of sulfonamides is 1. The second-order valence-electron chi connectivity index (χ2n) is 6.99. The van der Waals surface area contributed by atoms with Gasteiger partial charge in [0.15, 0.2) is 5.16 Å². The molecule has 0 saturated heterocycles. The minimum absolute atomic E-state index is 0.00623. The molecule has 0 spiro atoms. The van der Waals surface area contributed by atoms with Crippen LogP contribution >= 0.6 is 11.8 Å². The molecule has 1 heterocycles. The number of amides is 1. The Bertz CT molecular complexity index is 1250. The van der Waals surface area contributed by atoms with E-state index in [1.165, 1.54) is 16.7 Å². The molecule has 0 fully saturated rings. The Morgan fingerprint density at radius 1 is 1.23 bits per heavy atom. The summed E-state index contributed by atoms with van der Waals surface area (Å²) in [4.78, 5) is 24.5. The van der Waals surface area contributed by atoms with Gasteiger partial charge >= 0.3 is 5.69 Å². The Labute approximate surface area is 184 Å². The first kappa shape index (κ1) is 22.8. The summed E-state index contributed by atoms with van der Waals surface area (Å²) in [5.74, 6) is -0.364. The van der Waals surface area contributed by atoms with Gasteiger partial charge in [-0.3, -0.25) is 9.36 Å². The highest BCUT2D eigenvalue weighted by Gasteiger charge is 2.16. The molecule has 3 aromatic rings. The molecular weight excluding hydrogens is 438 g/mol. The summed E-state index contributed by atoms with van der Waals surface area (Å²) in [6, 6.07) is 12.5. The molecule has 0 aliphatic carbocycles. The van der Waals surface area contributed by atoms with Gasteiger partial charge in [-0.1, -0.05) is 42.1 Å². The molecule has 31 heavy (non-hydrogen) atoms. The number of thioether (sulfide) groups is 1. The summed E-state index contributed by atoms with van der Waals surface area (Å²) in [6.45, 7) is 3.95. The van der Waals surface area contributed by atoms with Crippen LogP contribution in [0.3, 0.4) is 0 Å². The lowest BCUT2D eigenvalue weighted by molar-refractivity contribution is -0.113. The van der Waals surface area contributed by atoms with E-state index in [1.54, 1.807) is 13.8 Å². The maximum atomic E-state index is 12.5. The number of H-pyrrole nitrogens is 1. The van der Waals surface area contributed by atoms with Crippen LogP contribution in [0.25, 0.3) is 0 Å². The van der Waals surface area contributed by atoms with E-state index in [9.17, 15) is 18.0 Å². The number of aryl methyl sites for hydroxylation is 2. The fraction of sp³-hybridized carbons (Fsp3) is 0.250. The van der Waals surface area contributed by atoms with E-state index in [-0.39, 0.29) is 22.2 Å². The van der Waals surface area contributed by atoms with Crippen molar-refractivity contribution in [1.82, 2.24) is 14.8 Å². The Morgan fingerprint density at radius 3 is 2.61 bits per heavy atom.